The fraction of sp³-hybridized carbons (Fsp3) is 0.235. The molecule has 0 bridgehead atoms. The molecule has 0 atom stereocenters. The molecule has 0 heterocycles. The number of carbonyl (C=O) groups is 1. The molecule has 2 aromatic carbocycles. The Morgan fingerprint density at radius 1 is 1.18 bits per heavy atom. The molecule has 1 N–H and O–H groups in total. The van der Waals surface area contributed by atoms with Crippen LogP contribution in [0.4, 0.5) is 4.39 Å². The summed E-state index contributed by atoms with van der Waals surface area (Å²) in [6, 6.07) is 12.4. The quantitative estimate of drug-likeness (QED) is 0.818. The van der Waals surface area contributed by atoms with E-state index in [-0.39, 0.29) is 23.8 Å². The highest BCUT2D eigenvalue weighted by Crippen LogP contribution is 2.30. The van der Waals surface area contributed by atoms with Crippen LogP contribution in [-0.4, -0.2) is 11.1 Å². The van der Waals surface area contributed by atoms with Crippen LogP contribution in [0.25, 0.3) is 0 Å². The van der Waals surface area contributed by atoms with Crippen molar-refractivity contribution >= 4 is 17.6 Å². The van der Waals surface area contributed by atoms with E-state index in [1.807, 2.05) is 30.3 Å². The third kappa shape index (κ3) is 4.74. The number of carboxylic acids is 1. The maximum Gasteiger partial charge on any atom is 0.303 e. The predicted octanol–water partition coefficient (Wildman–Crippen LogP) is 4.47. The van der Waals surface area contributed by atoms with Gasteiger partial charge in [0.05, 0.1) is 5.02 Å². The fourth-order valence-corrected chi connectivity index (χ4v) is 2.35. The van der Waals surface area contributed by atoms with Gasteiger partial charge in [-0.05, 0) is 36.1 Å². The van der Waals surface area contributed by atoms with Crippen molar-refractivity contribution in [3.05, 3.63) is 64.4 Å². The summed E-state index contributed by atoms with van der Waals surface area (Å²) < 4.78 is 19.5. The lowest BCUT2D eigenvalue weighted by Gasteiger charge is -2.11. The molecular weight excluding hydrogens is 307 g/mol. The molecule has 3 nitrogen and oxygen atoms in total. The second kappa shape index (κ2) is 7.80. The minimum absolute atomic E-state index is 0.0208. The number of hydrogen-bond acceptors (Lipinski definition) is 2. The van der Waals surface area contributed by atoms with Crippen molar-refractivity contribution < 1.29 is 19.0 Å². The van der Waals surface area contributed by atoms with Crippen molar-refractivity contribution in [2.45, 2.75) is 25.9 Å². The molecule has 5 heteroatoms. The summed E-state index contributed by atoms with van der Waals surface area (Å²) >= 11 is 6.06. The number of halogens is 2. The van der Waals surface area contributed by atoms with Crippen LogP contribution in [0.1, 0.15) is 24.0 Å². The highest BCUT2D eigenvalue weighted by Gasteiger charge is 2.12. The van der Waals surface area contributed by atoms with Gasteiger partial charge in [-0.15, -0.1) is 0 Å². The average molecular weight is 323 g/mol. The first-order valence-electron chi connectivity index (χ1n) is 6.92. The second-order valence-electron chi connectivity index (χ2n) is 4.91. The van der Waals surface area contributed by atoms with E-state index in [1.165, 1.54) is 6.07 Å². The third-order valence-electron chi connectivity index (χ3n) is 3.14. The van der Waals surface area contributed by atoms with Crippen LogP contribution in [0.3, 0.4) is 0 Å². The predicted molar refractivity (Wildman–Crippen MR) is 82.8 cm³/mol. The van der Waals surface area contributed by atoms with Crippen molar-refractivity contribution in [1.82, 2.24) is 0 Å². The molecule has 0 spiro atoms. The summed E-state index contributed by atoms with van der Waals surface area (Å²) in [5.41, 5.74) is 1.58. The maximum atomic E-state index is 14.1. The Morgan fingerprint density at radius 2 is 1.91 bits per heavy atom. The van der Waals surface area contributed by atoms with Gasteiger partial charge in [-0.2, -0.15) is 0 Å². The van der Waals surface area contributed by atoms with E-state index < -0.39 is 11.8 Å². The summed E-state index contributed by atoms with van der Waals surface area (Å²) in [6.45, 7) is 0.232. The summed E-state index contributed by atoms with van der Waals surface area (Å²) in [5, 5.41) is 8.80. The molecule has 0 aliphatic carbocycles. The lowest BCUT2D eigenvalue weighted by molar-refractivity contribution is -0.137. The van der Waals surface area contributed by atoms with Crippen molar-refractivity contribution in [3.63, 3.8) is 0 Å². The van der Waals surface area contributed by atoms with Gasteiger partial charge >= 0.3 is 5.97 Å². The van der Waals surface area contributed by atoms with Gasteiger partial charge in [0.2, 0.25) is 0 Å². The van der Waals surface area contributed by atoms with Crippen LogP contribution >= 0.6 is 11.6 Å². The van der Waals surface area contributed by atoms with Gasteiger partial charge in [-0.3, -0.25) is 4.79 Å². The zero-order valence-electron chi connectivity index (χ0n) is 11.9. The summed E-state index contributed by atoms with van der Waals surface area (Å²) in [4.78, 5) is 10.5. The maximum absolute atomic E-state index is 14.1. The van der Waals surface area contributed by atoms with Crippen LogP contribution < -0.4 is 4.74 Å². The van der Waals surface area contributed by atoms with Crippen LogP contribution in [0.2, 0.25) is 5.02 Å². The van der Waals surface area contributed by atoms with Crippen molar-refractivity contribution in [1.29, 1.82) is 0 Å². The zero-order chi connectivity index (χ0) is 15.9. The number of hydrogen-bond donors (Lipinski definition) is 1. The van der Waals surface area contributed by atoms with Crippen molar-refractivity contribution in [2.24, 2.45) is 0 Å². The molecule has 0 aliphatic rings. The highest BCUT2D eigenvalue weighted by molar-refractivity contribution is 6.32. The number of ether oxygens (including phenoxy) is 1. The van der Waals surface area contributed by atoms with Crippen molar-refractivity contribution in [2.75, 3.05) is 0 Å². The Kier molecular flexibility index (Phi) is 5.78. The van der Waals surface area contributed by atoms with E-state index in [9.17, 15) is 9.18 Å². The molecule has 0 unspecified atom stereocenters. The van der Waals surface area contributed by atoms with Gasteiger partial charge in [-0.25, -0.2) is 4.39 Å². The molecule has 0 amide bonds. The van der Waals surface area contributed by atoms with E-state index >= 15 is 0 Å². The van der Waals surface area contributed by atoms with Gasteiger partial charge in [0.15, 0.2) is 11.6 Å². The standard InChI is InChI=1S/C17H16ClFO3/c18-14-9-13(7-4-8-16(20)21)10-15(19)17(14)22-11-12-5-2-1-3-6-12/h1-3,5-6,9-10H,4,7-8,11H2,(H,20,21). The van der Waals surface area contributed by atoms with Crippen LogP contribution in [0.5, 0.6) is 5.75 Å². The van der Waals surface area contributed by atoms with Crippen molar-refractivity contribution in [3.8, 4) is 5.75 Å². The van der Waals surface area contributed by atoms with Gasteiger partial charge in [0.25, 0.3) is 0 Å². The van der Waals surface area contributed by atoms with E-state index in [0.29, 0.717) is 18.4 Å². The first-order chi connectivity index (χ1) is 10.6. The largest absolute Gasteiger partial charge is 0.484 e. The Labute approximate surface area is 133 Å². The van der Waals surface area contributed by atoms with Gasteiger partial charge in [-0.1, -0.05) is 41.9 Å². The summed E-state index contributed by atoms with van der Waals surface area (Å²) in [7, 11) is 0. The molecular formula is C17H16ClFO3. The van der Waals surface area contributed by atoms with E-state index in [0.717, 1.165) is 5.56 Å². The second-order valence-corrected chi connectivity index (χ2v) is 5.32. The van der Waals surface area contributed by atoms with Crippen LogP contribution in [0.15, 0.2) is 42.5 Å². The Hall–Kier alpha value is -2.07. The van der Waals surface area contributed by atoms with Gasteiger partial charge in [0, 0.05) is 6.42 Å². The van der Waals surface area contributed by atoms with Crippen LogP contribution in [0, 0.1) is 5.82 Å². The Morgan fingerprint density at radius 3 is 2.55 bits per heavy atom. The molecule has 0 saturated carbocycles. The first-order valence-corrected chi connectivity index (χ1v) is 7.30. The van der Waals surface area contributed by atoms with Gasteiger partial charge in [0.1, 0.15) is 6.61 Å². The minimum Gasteiger partial charge on any atom is -0.484 e. The third-order valence-corrected chi connectivity index (χ3v) is 3.42. The molecule has 0 fully saturated rings. The topological polar surface area (TPSA) is 46.5 Å². The number of rotatable bonds is 7. The fourth-order valence-electron chi connectivity index (χ4n) is 2.07. The lowest BCUT2D eigenvalue weighted by Crippen LogP contribution is -2.00. The van der Waals surface area contributed by atoms with E-state index in [1.54, 1.807) is 6.07 Å². The van der Waals surface area contributed by atoms with E-state index in [4.69, 9.17) is 21.4 Å². The number of aliphatic carboxylic acids is 1. The average Bonchev–Trinajstić information content (AvgIpc) is 2.47. The first kappa shape index (κ1) is 16.3. The normalized spacial score (nSPS) is 10.5. The summed E-state index contributed by atoms with van der Waals surface area (Å²) in [5.74, 6) is -1.38. The zero-order valence-corrected chi connectivity index (χ0v) is 12.6. The smallest absolute Gasteiger partial charge is 0.303 e. The molecule has 2 rings (SSSR count). The molecule has 0 saturated heterocycles. The SMILES string of the molecule is O=C(O)CCCc1cc(F)c(OCc2ccccc2)c(Cl)c1. The van der Waals surface area contributed by atoms with E-state index in [2.05, 4.69) is 0 Å². The lowest BCUT2D eigenvalue weighted by atomic mass is 10.1. The Balaban J connectivity index is 2.01. The molecule has 2 aromatic rings. The molecule has 116 valence electrons. The highest BCUT2D eigenvalue weighted by atomic mass is 35.5. The Bertz CT molecular complexity index is 621. The molecule has 0 aromatic heterocycles. The number of carboxylic acid groups (broad SMARTS) is 1. The monoisotopic (exact) mass is 322 g/mol. The number of aryl methyl sites for hydroxylation is 1. The molecule has 0 radical (unpaired) electrons. The minimum atomic E-state index is -0.866. The van der Waals surface area contributed by atoms with Crippen LogP contribution in [-0.2, 0) is 17.8 Å². The molecule has 0 aliphatic heterocycles. The summed E-state index contributed by atoms with van der Waals surface area (Å²) in [6.07, 6.45) is 0.947. The molecule has 22 heavy (non-hydrogen) atoms. The van der Waals surface area contributed by atoms with Gasteiger partial charge < -0.3 is 9.84 Å². The number of benzene rings is 2.